The summed E-state index contributed by atoms with van der Waals surface area (Å²) in [6, 6.07) is 0. The van der Waals surface area contributed by atoms with Crippen molar-refractivity contribution in [1.82, 2.24) is 0 Å². The van der Waals surface area contributed by atoms with E-state index in [2.05, 4.69) is 16.8 Å². The Morgan fingerprint density at radius 1 is 1.60 bits per heavy atom. The Bertz CT molecular complexity index is 185. The third-order valence-corrected chi connectivity index (χ3v) is 1.19. The largest absolute Gasteiger partial charge is 0.478 e. The Labute approximate surface area is 61.3 Å². The molecule has 0 bridgehead atoms. The molecule has 54 valence electrons. The van der Waals surface area contributed by atoms with Crippen molar-refractivity contribution >= 4 is 5.90 Å². The van der Waals surface area contributed by atoms with Crippen molar-refractivity contribution in [2.75, 3.05) is 13.2 Å². The summed E-state index contributed by atoms with van der Waals surface area (Å²) >= 11 is 0. The first-order valence-corrected chi connectivity index (χ1v) is 3.55. The van der Waals surface area contributed by atoms with Crippen molar-refractivity contribution in [3.05, 3.63) is 0 Å². The third kappa shape index (κ3) is 2.10. The minimum absolute atomic E-state index is 0.688. The first-order chi connectivity index (χ1) is 4.93. The molecule has 0 aliphatic carbocycles. The summed E-state index contributed by atoms with van der Waals surface area (Å²) in [7, 11) is 0. The van der Waals surface area contributed by atoms with Gasteiger partial charge in [-0.1, -0.05) is 12.8 Å². The predicted octanol–water partition coefficient (Wildman–Crippen LogP) is 1.22. The van der Waals surface area contributed by atoms with Gasteiger partial charge in [-0.25, -0.2) is 0 Å². The molecule has 1 heterocycles. The highest BCUT2D eigenvalue weighted by Crippen LogP contribution is 1.96. The highest BCUT2D eigenvalue weighted by Gasteiger charge is 2.03. The fraction of sp³-hybridized carbons (Fsp3) is 0.625. The maximum absolute atomic E-state index is 5.15. The number of hydrogen-bond acceptors (Lipinski definition) is 2. The molecule has 0 amide bonds. The second kappa shape index (κ2) is 3.94. The molecule has 2 nitrogen and oxygen atoms in total. The van der Waals surface area contributed by atoms with Crippen molar-refractivity contribution in [3.8, 4) is 11.8 Å². The van der Waals surface area contributed by atoms with Gasteiger partial charge in [0.2, 0.25) is 0 Å². The summed E-state index contributed by atoms with van der Waals surface area (Å²) in [5.41, 5.74) is 0. The SMILES string of the molecule is CCC#CCC1=NCCO1. The zero-order valence-electron chi connectivity index (χ0n) is 6.18. The van der Waals surface area contributed by atoms with Gasteiger partial charge in [0.05, 0.1) is 13.0 Å². The number of nitrogens with zero attached hydrogens (tertiary/aromatic N) is 1. The Morgan fingerprint density at radius 2 is 2.50 bits per heavy atom. The van der Waals surface area contributed by atoms with E-state index >= 15 is 0 Å². The molecule has 0 saturated carbocycles. The number of hydrogen-bond donors (Lipinski definition) is 0. The van der Waals surface area contributed by atoms with Crippen LogP contribution in [0.2, 0.25) is 0 Å². The molecule has 0 aromatic heterocycles. The van der Waals surface area contributed by atoms with E-state index in [1.54, 1.807) is 0 Å². The van der Waals surface area contributed by atoms with Gasteiger partial charge in [0.15, 0.2) is 5.90 Å². The lowest BCUT2D eigenvalue weighted by Crippen LogP contribution is -1.95. The van der Waals surface area contributed by atoms with Crippen LogP contribution in [0.15, 0.2) is 4.99 Å². The van der Waals surface area contributed by atoms with Gasteiger partial charge in [-0.15, -0.1) is 5.92 Å². The van der Waals surface area contributed by atoms with E-state index in [0.29, 0.717) is 6.42 Å². The van der Waals surface area contributed by atoms with E-state index in [-0.39, 0.29) is 0 Å². The minimum Gasteiger partial charge on any atom is -0.478 e. The maximum Gasteiger partial charge on any atom is 0.195 e. The van der Waals surface area contributed by atoms with Crippen LogP contribution in [0.4, 0.5) is 0 Å². The normalized spacial score (nSPS) is 15.1. The molecule has 1 rings (SSSR count). The molecule has 2 heteroatoms. The fourth-order valence-electron chi connectivity index (χ4n) is 0.749. The summed E-state index contributed by atoms with van der Waals surface area (Å²) < 4.78 is 5.15. The molecule has 10 heavy (non-hydrogen) atoms. The molecular weight excluding hydrogens is 126 g/mol. The predicted molar refractivity (Wildman–Crippen MR) is 40.9 cm³/mol. The summed E-state index contributed by atoms with van der Waals surface area (Å²) in [6.45, 7) is 3.58. The summed E-state index contributed by atoms with van der Waals surface area (Å²) in [6.07, 6.45) is 1.60. The van der Waals surface area contributed by atoms with E-state index in [0.717, 1.165) is 25.5 Å². The lowest BCUT2D eigenvalue weighted by Gasteiger charge is -1.92. The molecule has 0 unspecified atom stereocenters. The lowest BCUT2D eigenvalue weighted by atomic mass is 10.4. The van der Waals surface area contributed by atoms with Crippen LogP contribution in [0.1, 0.15) is 19.8 Å². The molecule has 1 aliphatic heterocycles. The Morgan fingerprint density at radius 3 is 3.10 bits per heavy atom. The highest BCUT2D eigenvalue weighted by molar-refractivity contribution is 5.79. The average Bonchev–Trinajstić information content (AvgIpc) is 2.41. The van der Waals surface area contributed by atoms with Gasteiger partial charge in [-0.3, -0.25) is 4.99 Å². The molecule has 0 N–H and O–H groups in total. The van der Waals surface area contributed by atoms with Crippen molar-refractivity contribution in [2.45, 2.75) is 19.8 Å². The van der Waals surface area contributed by atoms with Crippen LogP contribution in [0, 0.1) is 11.8 Å². The van der Waals surface area contributed by atoms with Crippen molar-refractivity contribution in [1.29, 1.82) is 0 Å². The van der Waals surface area contributed by atoms with Crippen molar-refractivity contribution in [2.24, 2.45) is 4.99 Å². The van der Waals surface area contributed by atoms with Crippen LogP contribution in [0.5, 0.6) is 0 Å². The Balaban J connectivity index is 2.24. The van der Waals surface area contributed by atoms with Crippen LogP contribution in [-0.2, 0) is 4.74 Å². The van der Waals surface area contributed by atoms with E-state index in [9.17, 15) is 0 Å². The van der Waals surface area contributed by atoms with Crippen LogP contribution in [0.3, 0.4) is 0 Å². The molecular formula is C8H11NO. The Kier molecular flexibility index (Phi) is 2.82. The molecule has 0 spiro atoms. The zero-order chi connectivity index (χ0) is 7.23. The Hall–Kier alpha value is -0.970. The van der Waals surface area contributed by atoms with Crippen LogP contribution in [0.25, 0.3) is 0 Å². The molecule has 0 atom stereocenters. The second-order valence-electron chi connectivity index (χ2n) is 2.01. The standard InChI is InChI=1S/C8H11NO/c1-2-3-4-5-8-9-6-7-10-8/h2,5-7H2,1H3. The van der Waals surface area contributed by atoms with E-state index in [1.807, 2.05) is 6.92 Å². The highest BCUT2D eigenvalue weighted by atomic mass is 16.5. The van der Waals surface area contributed by atoms with Gasteiger partial charge in [-0.05, 0) is 0 Å². The van der Waals surface area contributed by atoms with Crippen LogP contribution in [-0.4, -0.2) is 19.0 Å². The van der Waals surface area contributed by atoms with Crippen LogP contribution < -0.4 is 0 Å². The topological polar surface area (TPSA) is 21.6 Å². The zero-order valence-corrected chi connectivity index (χ0v) is 6.18. The fourth-order valence-corrected chi connectivity index (χ4v) is 0.749. The molecule has 1 aliphatic rings. The lowest BCUT2D eigenvalue weighted by molar-refractivity contribution is 0.342. The smallest absolute Gasteiger partial charge is 0.195 e. The van der Waals surface area contributed by atoms with Gasteiger partial charge in [0, 0.05) is 6.42 Å². The summed E-state index contributed by atoms with van der Waals surface area (Å²) in [5, 5.41) is 0. The molecule has 0 radical (unpaired) electrons. The molecule has 0 aromatic rings. The van der Waals surface area contributed by atoms with Gasteiger partial charge >= 0.3 is 0 Å². The summed E-state index contributed by atoms with van der Waals surface area (Å²) in [4.78, 5) is 4.10. The maximum atomic E-state index is 5.15. The van der Waals surface area contributed by atoms with Gasteiger partial charge in [0.25, 0.3) is 0 Å². The first kappa shape index (κ1) is 7.14. The number of rotatable bonds is 1. The van der Waals surface area contributed by atoms with Gasteiger partial charge < -0.3 is 4.74 Å². The minimum atomic E-state index is 0.688. The second-order valence-corrected chi connectivity index (χ2v) is 2.01. The quantitative estimate of drug-likeness (QED) is 0.498. The average molecular weight is 137 g/mol. The molecule has 0 saturated heterocycles. The monoisotopic (exact) mass is 137 g/mol. The van der Waals surface area contributed by atoms with Crippen molar-refractivity contribution in [3.63, 3.8) is 0 Å². The third-order valence-electron chi connectivity index (χ3n) is 1.19. The van der Waals surface area contributed by atoms with Crippen molar-refractivity contribution < 1.29 is 4.74 Å². The van der Waals surface area contributed by atoms with E-state index in [1.165, 1.54) is 0 Å². The van der Waals surface area contributed by atoms with Gasteiger partial charge in [0.1, 0.15) is 6.61 Å². The summed E-state index contributed by atoms with van der Waals surface area (Å²) in [5.74, 6) is 6.74. The van der Waals surface area contributed by atoms with Gasteiger partial charge in [-0.2, -0.15) is 0 Å². The number of aliphatic imine (C=N–C) groups is 1. The first-order valence-electron chi connectivity index (χ1n) is 3.55. The van der Waals surface area contributed by atoms with Crippen LogP contribution >= 0.6 is 0 Å². The number of ether oxygens (including phenoxy) is 1. The van der Waals surface area contributed by atoms with E-state index in [4.69, 9.17) is 4.74 Å². The molecule has 0 aromatic carbocycles. The molecule has 0 fully saturated rings. The van der Waals surface area contributed by atoms with E-state index < -0.39 is 0 Å².